The standard InChI is InChI=1S/C18H19BrN2O4S/c1-21-15-6-3-2-5-13(15)18(20-10-4-7-17(22)23)14-9-8-12(19)11-16(14)26(21,24)25/h2-3,5-6,8-9,11,18,20H,4,7,10H2,1H3,(H,22,23). The summed E-state index contributed by atoms with van der Waals surface area (Å²) in [6.45, 7) is 0.463. The van der Waals surface area contributed by atoms with Crippen LogP contribution in [0.25, 0.3) is 0 Å². The van der Waals surface area contributed by atoms with Crippen LogP contribution < -0.4 is 9.62 Å². The maximum absolute atomic E-state index is 13.1. The molecule has 1 unspecified atom stereocenters. The number of carboxylic acid groups (broad SMARTS) is 1. The molecular formula is C18H19BrN2O4S. The molecule has 2 aromatic carbocycles. The Morgan fingerprint density at radius 3 is 2.69 bits per heavy atom. The molecule has 0 aliphatic carbocycles. The van der Waals surface area contributed by atoms with Crippen LogP contribution in [0.15, 0.2) is 51.8 Å². The SMILES string of the molecule is CN1c2ccccc2C(NCCCC(=O)O)c2ccc(Br)cc2S1(=O)=O. The van der Waals surface area contributed by atoms with Crippen molar-refractivity contribution in [1.82, 2.24) is 5.32 Å². The molecule has 3 rings (SSSR count). The lowest BCUT2D eigenvalue weighted by Crippen LogP contribution is -2.26. The highest BCUT2D eigenvalue weighted by Gasteiger charge is 2.34. The van der Waals surface area contributed by atoms with E-state index in [2.05, 4.69) is 21.2 Å². The van der Waals surface area contributed by atoms with Crippen molar-refractivity contribution >= 4 is 37.6 Å². The molecular weight excluding hydrogens is 420 g/mol. The zero-order valence-electron chi connectivity index (χ0n) is 14.1. The number of benzene rings is 2. The molecule has 0 amide bonds. The minimum absolute atomic E-state index is 0.0623. The molecule has 0 bridgehead atoms. The van der Waals surface area contributed by atoms with E-state index < -0.39 is 16.0 Å². The van der Waals surface area contributed by atoms with Gasteiger partial charge in [-0.1, -0.05) is 40.2 Å². The Kier molecular flexibility index (Phi) is 5.36. The summed E-state index contributed by atoms with van der Waals surface area (Å²) in [4.78, 5) is 11.0. The number of fused-ring (bicyclic) bond motifs is 2. The van der Waals surface area contributed by atoms with E-state index in [1.807, 2.05) is 18.2 Å². The maximum Gasteiger partial charge on any atom is 0.303 e. The van der Waals surface area contributed by atoms with Crippen LogP contribution in [0.5, 0.6) is 0 Å². The van der Waals surface area contributed by atoms with Crippen molar-refractivity contribution in [3.63, 3.8) is 0 Å². The summed E-state index contributed by atoms with van der Waals surface area (Å²) in [5.41, 5.74) is 2.10. The van der Waals surface area contributed by atoms with Crippen LogP contribution in [-0.2, 0) is 14.8 Å². The predicted molar refractivity (Wildman–Crippen MR) is 103 cm³/mol. The molecule has 2 N–H and O–H groups in total. The Labute approximate surface area is 161 Å². The van der Waals surface area contributed by atoms with Gasteiger partial charge in [0.25, 0.3) is 10.0 Å². The second-order valence-electron chi connectivity index (χ2n) is 6.10. The van der Waals surface area contributed by atoms with Gasteiger partial charge >= 0.3 is 5.97 Å². The minimum atomic E-state index is -3.70. The van der Waals surface area contributed by atoms with E-state index in [9.17, 15) is 13.2 Å². The van der Waals surface area contributed by atoms with Gasteiger partial charge in [-0.05, 0) is 42.3 Å². The fraction of sp³-hybridized carbons (Fsp3) is 0.278. The number of hydrogen-bond acceptors (Lipinski definition) is 4. The van der Waals surface area contributed by atoms with Crippen LogP contribution in [0.2, 0.25) is 0 Å². The van der Waals surface area contributed by atoms with Crippen LogP contribution in [0.4, 0.5) is 5.69 Å². The van der Waals surface area contributed by atoms with Crippen molar-refractivity contribution in [2.45, 2.75) is 23.8 Å². The fourth-order valence-electron chi connectivity index (χ4n) is 3.14. The number of sulfonamides is 1. The molecule has 138 valence electrons. The second-order valence-corrected chi connectivity index (χ2v) is 8.95. The van der Waals surface area contributed by atoms with Crippen molar-refractivity contribution in [2.24, 2.45) is 0 Å². The van der Waals surface area contributed by atoms with Gasteiger partial charge < -0.3 is 10.4 Å². The molecule has 1 heterocycles. The molecule has 0 fully saturated rings. The van der Waals surface area contributed by atoms with E-state index in [-0.39, 0.29) is 17.4 Å². The summed E-state index contributed by atoms with van der Waals surface area (Å²) < 4.78 is 28.2. The van der Waals surface area contributed by atoms with Crippen molar-refractivity contribution in [2.75, 3.05) is 17.9 Å². The lowest BCUT2D eigenvalue weighted by atomic mass is 9.97. The second kappa shape index (κ2) is 7.38. The first kappa shape index (κ1) is 18.9. The topological polar surface area (TPSA) is 86.7 Å². The number of anilines is 1. The van der Waals surface area contributed by atoms with E-state index in [0.29, 0.717) is 28.7 Å². The number of carbonyl (C=O) groups is 1. The summed E-state index contributed by atoms with van der Waals surface area (Å²) in [6.07, 6.45) is 0.523. The number of para-hydroxylation sites is 1. The molecule has 0 saturated heterocycles. The Balaban J connectivity index is 2.11. The number of rotatable bonds is 5. The Hall–Kier alpha value is -1.90. The largest absolute Gasteiger partial charge is 0.481 e. The van der Waals surface area contributed by atoms with E-state index in [1.54, 1.807) is 31.3 Å². The molecule has 1 atom stereocenters. The van der Waals surface area contributed by atoms with Gasteiger partial charge in [0.15, 0.2) is 0 Å². The van der Waals surface area contributed by atoms with E-state index in [0.717, 1.165) is 5.56 Å². The predicted octanol–water partition coefficient (Wildman–Crippen LogP) is 3.13. The lowest BCUT2D eigenvalue weighted by Gasteiger charge is -2.22. The van der Waals surface area contributed by atoms with Crippen LogP contribution in [-0.4, -0.2) is 33.1 Å². The Morgan fingerprint density at radius 2 is 1.96 bits per heavy atom. The summed E-state index contributed by atoms with van der Waals surface area (Å²) in [7, 11) is -2.15. The first-order valence-electron chi connectivity index (χ1n) is 8.15. The molecule has 0 radical (unpaired) electrons. The smallest absolute Gasteiger partial charge is 0.303 e. The van der Waals surface area contributed by atoms with Gasteiger partial charge in [0, 0.05) is 17.9 Å². The maximum atomic E-state index is 13.1. The van der Waals surface area contributed by atoms with Gasteiger partial charge in [-0.2, -0.15) is 0 Å². The third-order valence-electron chi connectivity index (χ3n) is 4.43. The van der Waals surface area contributed by atoms with Crippen molar-refractivity contribution < 1.29 is 18.3 Å². The van der Waals surface area contributed by atoms with Gasteiger partial charge in [-0.3, -0.25) is 9.10 Å². The van der Waals surface area contributed by atoms with Gasteiger partial charge in [0.05, 0.1) is 16.6 Å². The highest BCUT2D eigenvalue weighted by molar-refractivity contribution is 9.10. The first-order chi connectivity index (χ1) is 12.3. The number of hydrogen-bond donors (Lipinski definition) is 2. The van der Waals surface area contributed by atoms with Crippen molar-refractivity contribution in [3.8, 4) is 0 Å². The third-order valence-corrected chi connectivity index (χ3v) is 6.75. The van der Waals surface area contributed by atoms with Crippen LogP contribution >= 0.6 is 15.9 Å². The van der Waals surface area contributed by atoms with Crippen LogP contribution in [0, 0.1) is 0 Å². The third kappa shape index (κ3) is 3.49. The molecule has 1 aliphatic heterocycles. The average Bonchev–Trinajstić information content (AvgIpc) is 2.67. The number of halogens is 1. The van der Waals surface area contributed by atoms with Crippen LogP contribution in [0.3, 0.4) is 0 Å². The van der Waals surface area contributed by atoms with Crippen molar-refractivity contribution in [3.05, 3.63) is 58.1 Å². The quantitative estimate of drug-likeness (QED) is 0.700. The Bertz CT molecular complexity index is 946. The molecule has 2 aromatic rings. The fourth-order valence-corrected chi connectivity index (χ4v) is 5.13. The molecule has 26 heavy (non-hydrogen) atoms. The molecule has 8 heteroatoms. The summed E-state index contributed by atoms with van der Waals surface area (Å²) in [5, 5.41) is 12.2. The molecule has 0 spiro atoms. The molecule has 6 nitrogen and oxygen atoms in total. The molecule has 1 aliphatic rings. The monoisotopic (exact) mass is 438 g/mol. The minimum Gasteiger partial charge on any atom is -0.481 e. The summed E-state index contributed by atoms with van der Waals surface area (Å²) >= 11 is 3.35. The Morgan fingerprint density at radius 1 is 1.23 bits per heavy atom. The number of nitrogens with zero attached hydrogens (tertiary/aromatic N) is 1. The van der Waals surface area contributed by atoms with Crippen molar-refractivity contribution in [1.29, 1.82) is 0 Å². The van der Waals surface area contributed by atoms with Gasteiger partial charge in [0.2, 0.25) is 0 Å². The summed E-state index contributed by atoms with van der Waals surface area (Å²) in [5.74, 6) is -0.847. The van der Waals surface area contributed by atoms with Gasteiger partial charge in [-0.15, -0.1) is 0 Å². The number of carboxylic acids is 1. The van der Waals surface area contributed by atoms with E-state index >= 15 is 0 Å². The van der Waals surface area contributed by atoms with E-state index in [1.165, 1.54) is 4.31 Å². The van der Waals surface area contributed by atoms with E-state index in [4.69, 9.17) is 5.11 Å². The van der Waals surface area contributed by atoms with Gasteiger partial charge in [-0.25, -0.2) is 8.42 Å². The number of aliphatic carboxylic acids is 1. The van der Waals surface area contributed by atoms with Gasteiger partial charge in [0.1, 0.15) is 0 Å². The lowest BCUT2D eigenvalue weighted by molar-refractivity contribution is -0.137. The highest BCUT2D eigenvalue weighted by atomic mass is 79.9. The highest BCUT2D eigenvalue weighted by Crippen LogP contribution is 2.40. The number of nitrogens with one attached hydrogen (secondary N) is 1. The first-order valence-corrected chi connectivity index (χ1v) is 10.4. The van der Waals surface area contributed by atoms with Crippen LogP contribution in [0.1, 0.15) is 30.0 Å². The zero-order chi connectivity index (χ0) is 18.9. The zero-order valence-corrected chi connectivity index (χ0v) is 16.5. The normalized spacial score (nSPS) is 17.9. The molecule has 0 saturated carbocycles. The summed E-state index contributed by atoms with van der Waals surface area (Å²) in [6, 6.07) is 12.2. The molecule has 0 aromatic heterocycles. The average molecular weight is 439 g/mol.